The number of rotatable bonds is 16. The SMILES string of the molecule is CCCCCCCCOOCCCCCCCC(=O)O. The summed E-state index contributed by atoms with van der Waals surface area (Å²) in [6.45, 7) is 3.57. The first-order valence-electron chi connectivity index (χ1n) is 8.23. The van der Waals surface area contributed by atoms with Gasteiger partial charge in [0.15, 0.2) is 0 Å². The molecule has 1 N–H and O–H groups in total. The van der Waals surface area contributed by atoms with E-state index < -0.39 is 5.97 Å². The molecule has 0 spiro atoms. The van der Waals surface area contributed by atoms with E-state index in [1.54, 1.807) is 0 Å². The highest BCUT2D eigenvalue weighted by Gasteiger charge is 1.97. The summed E-state index contributed by atoms with van der Waals surface area (Å²) in [5.41, 5.74) is 0. The minimum absolute atomic E-state index is 0.290. The van der Waals surface area contributed by atoms with Crippen molar-refractivity contribution in [2.75, 3.05) is 13.2 Å². The Kier molecular flexibility index (Phi) is 15.9. The van der Waals surface area contributed by atoms with E-state index in [0.717, 1.165) is 38.5 Å². The second kappa shape index (κ2) is 16.4. The molecule has 0 aromatic heterocycles. The molecule has 0 heterocycles. The predicted molar refractivity (Wildman–Crippen MR) is 80.6 cm³/mol. The van der Waals surface area contributed by atoms with Gasteiger partial charge in [-0.25, -0.2) is 9.78 Å². The van der Waals surface area contributed by atoms with Gasteiger partial charge in [0.2, 0.25) is 0 Å². The van der Waals surface area contributed by atoms with Crippen molar-refractivity contribution >= 4 is 5.97 Å². The van der Waals surface area contributed by atoms with E-state index >= 15 is 0 Å². The average Bonchev–Trinajstić information content (AvgIpc) is 2.43. The normalized spacial score (nSPS) is 10.8. The third-order valence-electron chi connectivity index (χ3n) is 3.28. The highest BCUT2D eigenvalue weighted by atomic mass is 17.2. The molecule has 0 aliphatic rings. The molecule has 0 aromatic carbocycles. The zero-order valence-electron chi connectivity index (χ0n) is 13.1. The van der Waals surface area contributed by atoms with Crippen LogP contribution in [0.4, 0.5) is 0 Å². The molecular weight excluding hydrogens is 256 g/mol. The first kappa shape index (κ1) is 19.4. The highest BCUT2D eigenvalue weighted by Crippen LogP contribution is 2.07. The van der Waals surface area contributed by atoms with E-state index in [1.165, 1.54) is 32.1 Å². The number of aliphatic carboxylic acids is 1. The number of carboxylic acids is 1. The highest BCUT2D eigenvalue weighted by molar-refractivity contribution is 5.66. The summed E-state index contributed by atoms with van der Waals surface area (Å²) in [6.07, 6.45) is 12.8. The molecule has 0 aromatic rings. The number of carbonyl (C=O) groups is 1. The van der Waals surface area contributed by atoms with Crippen LogP contribution in [-0.2, 0) is 14.6 Å². The fraction of sp³-hybridized carbons (Fsp3) is 0.938. The van der Waals surface area contributed by atoms with Crippen LogP contribution in [0.5, 0.6) is 0 Å². The van der Waals surface area contributed by atoms with Gasteiger partial charge < -0.3 is 5.11 Å². The van der Waals surface area contributed by atoms with Gasteiger partial charge in [-0.2, -0.15) is 0 Å². The molecular formula is C16H32O4. The Morgan fingerprint density at radius 2 is 1.20 bits per heavy atom. The van der Waals surface area contributed by atoms with Crippen molar-refractivity contribution in [2.45, 2.75) is 84.0 Å². The maximum absolute atomic E-state index is 10.3. The Balaban J connectivity index is 2.94. The van der Waals surface area contributed by atoms with Crippen molar-refractivity contribution in [1.82, 2.24) is 0 Å². The monoisotopic (exact) mass is 288 g/mol. The lowest BCUT2D eigenvalue weighted by Gasteiger charge is -2.04. The Hall–Kier alpha value is -0.610. The standard InChI is InChI=1S/C16H32O4/c1-2-3-4-5-8-11-14-19-20-15-12-9-6-7-10-13-16(17)18/h2-15H2,1H3,(H,17,18). The van der Waals surface area contributed by atoms with Crippen LogP contribution in [0.25, 0.3) is 0 Å². The first-order valence-corrected chi connectivity index (χ1v) is 8.23. The molecule has 0 unspecified atom stereocenters. The van der Waals surface area contributed by atoms with Gasteiger partial charge in [0.25, 0.3) is 0 Å². The fourth-order valence-electron chi connectivity index (χ4n) is 2.03. The molecule has 0 saturated heterocycles. The molecule has 0 amide bonds. The Morgan fingerprint density at radius 1 is 0.750 bits per heavy atom. The van der Waals surface area contributed by atoms with Crippen molar-refractivity contribution < 1.29 is 19.7 Å². The summed E-state index contributed by atoms with van der Waals surface area (Å²) in [5.74, 6) is -0.698. The van der Waals surface area contributed by atoms with Gasteiger partial charge in [-0.1, -0.05) is 58.3 Å². The number of carboxylic acid groups (broad SMARTS) is 1. The fourth-order valence-corrected chi connectivity index (χ4v) is 2.03. The lowest BCUT2D eigenvalue weighted by molar-refractivity contribution is -0.295. The van der Waals surface area contributed by atoms with E-state index in [4.69, 9.17) is 14.9 Å². The second-order valence-corrected chi connectivity index (χ2v) is 5.32. The lowest BCUT2D eigenvalue weighted by Crippen LogP contribution is -1.99. The molecule has 120 valence electrons. The average molecular weight is 288 g/mol. The van der Waals surface area contributed by atoms with E-state index in [2.05, 4.69) is 6.92 Å². The quantitative estimate of drug-likeness (QED) is 0.254. The molecule has 20 heavy (non-hydrogen) atoms. The molecule has 4 nitrogen and oxygen atoms in total. The number of hydrogen-bond donors (Lipinski definition) is 1. The molecule has 0 bridgehead atoms. The molecule has 0 radical (unpaired) electrons. The molecule has 4 heteroatoms. The maximum Gasteiger partial charge on any atom is 0.303 e. The Bertz CT molecular complexity index is 207. The third kappa shape index (κ3) is 17.4. The Labute approximate surface area is 123 Å². The third-order valence-corrected chi connectivity index (χ3v) is 3.28. The van der Waals surface area contributed by atoms with Gasteiger partial charge in [-0.3, -0.25) is 4.79 Å². The number of hydrogen-bond acceptors (Lipinski definition) is 3. The summed E-state index contributed by atoms with van der Waals surface area (Å²) < 4.78 is 0. The largest absolute Gasteiger partial charge is 0.481 e. The van der Waals surface area contributed by atoms with Crippen LogP contribution in [0, 0.1) is 0 Å². The van der Waals surface area contributed by atoms with Crippen LogP contribution in [-0.4, -0.2) is 24.3 Å². The minimum Gasteiger partial charge on any atom is -0.481 e. The minimum atomic E-state index is -0.698. The zero-order valence-corrected chi connectivity index (χ0v) is 13.1. The molecule has 0 aliphatic heterocycles. The first-order chi connectivity index (χ1) is 9.77. The van der Waals surface area contributed by atoms with Crippen LogP contribution < -0.4 is 0 Å². The molecule has 0 saturated carbocycles. The topological polar surface area (TPSA) is 55.8 Å². The molecule has 0 fully saturated rings. The van der Waals surface area contributed by atoms with Crippen molar-refractivity contribution in [3.05, 3.63) is 0 Å². The van der Waals surface area contributed by atoms with E-state index in [9.17, 15) is 4.79 Å². The van der Waals surface area contributed by atoms with Gasteiger partial charge >= 0.3 is 5.97 Å². The van der Waals surface area contributed by atoms with Crippen molar-refractivity contribution in [1.29, 1.82) is 0 Å². The number of unbranched alkanes of at least 4 members (excludes halogenated alkanes) is 9. The van der Waals surface area contributed by atoms with Gasteiger partial charge in [-0.15, -0.1) is 0 Å². The summed E-state index contributed by atoms with van der Waals surface area (Å²) in [4.78, 5) is 20.5. The van der Waals surface area contributed by atoms with Crippen molar-refractivity contribution in [2.24, 2.45) is 0 Å². The van der Waals surface area contributed by atoms with Crippen LogP contribution in [0.1, 0.15) is 84.0 Å². The van der Waals surface area contributed by atoms with E-state index in [0.29, 0.717) is 13.2 Å². The second-order valence-electron chi connectivity index (χ2n) is 5.32. The van der Waals surface area contributed by atoms with E-state index in [1.807, 2.05) is 0 Å². The summed E-state index contributed by atoms with van der Waals surface area (Å²) >= 11 is 0. The van der Waals surface area contributed by atoms with Crippen LogP contribution >= 0.6 is 0 Å². The molecule has 0 rings (SSSR count). The molecule has 0 atom stereocenters. The zero-order chi connectivity index (χ0) is 14.9. The van der Waals surface area contributed by atoms with Gasteiger partial charge in [0.05, 0.1) is 13.2 Å². The van der Waals surface area contributed by atoms with E-state index in [-0.39, 0.29) is 6.42 Å². The van der Waals surface area contributed by atoms with Crippen LogP contribution in [0.3, 0.4) is 0 Å². The van der Waals surface area contributed by atoms with Gasteiger partial charge in [0, 0.05) is 6.42 Å². The summed E-state index contributed by atoms with van der Waals surface area (Å²) in [6, 6.07) is 0. The molecule has 0 aliphatic carbocycles. The van der Waals surface area contributed by atoms with Gasteiger partial charge in [0.1, 0.15) is 0 Å². The van der Waals surface area contributed by atoms with Crippen molar-refractivity contribution in [3.8, 4) is 0 Å². The summed E-state index contributed by atoms with van der Waals surface area (Å²) in [5, 5.41) is 8.48. The maximum atomic E-state index is 10.3. The summed E-state index contributed by atoms with van der Waals surface area (Å²) in [7, 11) is 0. The van der Waals surface area contributed by atoms with Crippen molar-refractivity contribution in [3.63, 3.8) is 0 Å². The Morgan fingerprint density at radius 3 is 1.70 bits per heavy atom. The van der Waals surface area contributed by atoms with Crippen LogP contribution in [0.15, 0.2) is 0 Å². The van der Waals surface area contributed by atoms with Gasteiger partial charge in [-0.05, 0) is 19.3 Å². The lowest BCUT2D eigenvalue weighted by atomic mass is 10.1. The predicted octanol–water partition coefficient (Wildman–Crippen LogP) is 4.72. The van der Waals surface area contributed by atoms with Crippen LogP contribution in [0.2, 0.25) is 0 Å². The smallest absolute Gasteiger partial charge is 0.303 e.